The summed E-state index contributed by atoms with van der Waals surface area (Å²) >= 11 is 0. The zero-order chi connectivity index (χ0) is 26.8. The number of hydrogen-bond acceptors (Lipinski definition) is 3. The van der Waals surface area contributed by atoms with Crippen molar-refractivity contribution in [1.29, 1.82) is 0 Å². The number of allylic oxidation sites excluding steroid dienone is 2. The van der Waals surface area contributed by atoms with E-state index in [1.165, 1.54) is 38.7 Å². The Morgan fingerprint density at radius 2 is 1.46 bits per heavy atom. The van der Waals surface area contributed by atoms with E-state index < -0.39 is 5.41 Å². The molecule has 0 fully saturated rings. The normalized spacial score (nSPS) is 12.1. The van der Waals surface area contributed by atoms with Crippen molar-refractivity contribution in [2.75, 3.05) is 0 Å². The molecule has 0 spiro atoms. The topological polar surface area (TPSA) is 50.2 Å². The van der Waals surface area contributed by atoms with Gasteiger partial charge in [-0.15, -0.1) is 34.9 Å². The van der Waals surface area contributed by atoms with Crippen LogP contribution in [-0.4, -0.2) is 15.9 Å². The monoisotopic (exact) mass is 673 g/mol. The average molecular weight is 673 g/mol. The molecule has 4 heteroatoms. The van der Waals surface area contributed by atoms with Crippen LogP contribution in [-0.2, 0) is 24.9 Å². The smallest absolute Gasteiger partial charge is 0.164 e. The Hall–Kier alpha value is -2.81. The summed E-state index contributed by atoms with van der Waals surface area (Å²) in [6, 6.07) is 20.9. The van der Waals surface area contributed by atoms with Crippen molar-refractivity contribution in [2.45, 2.75) is 62.3 Å². The second-order valence-corrected chi connectivity index (χ2v) is 11.7. The average Bonchev–Trinajstić information content (AvgIpc) is 2.76. The molecule has 0 aliphatic carbocycles. The number of carbonyl (C=O) groups is 1. The van der Waals surface area contributed by atoms with Crippen molar-refractivity contribution in [3.8, 4) is 11.3 Å². The van der Waals surface area contributed by atoms with E-state index in [9.17, 15) is 9.90 Å². The summed E-state index contributed by atoms with van der Waals surface area (Å²) in [6.45, 7) is 17.4. The maximum atomic E-state index is 11.5. The molecule has 1 N–H and O–H groups in total. The van der Waals surface area contributed by atoms with Crippen molar-refractivity contribution in [3.63, 3.8) is 0 Å². The number of benzene rings is 3. The van der Waals surface area contributed by atoms with Crippen molar-refractivity contribution >= 4 is 27.3 Å². The van der Waals surface area contributed by atoms with E-state index in [1.54, 1.807) is 0 Å². The molecule has 0 saturated carbocycles. The summed E-state index contributed by atoms with van der Waals surface area (Å²) in [5.74, 6) is 0.104. The molecule has 0 unspecified atom stereocenters. The van der Waals surface area contributed by atoms with Gasteiger partial charge in [-0.1, -0.05) is 91.3 Å². The Balaban J connectivity index is 0.000000299. The largest absolute Gasteiger partial charge is 0.512 e. The summed E-state index contributed by atoms with van der Waals surface area (Å²) in [6.07, 6.45) is 3.24. The Morgan fingerprint density at radius 1 is 0.811 bits per heavy atom. The number of aromatic nitrogens is 1. The summed E-state index contributed by atoms with van der Waals surface area (Å²) in [7, 11) is 0. The van der Waals surface area contributed by atoms with Gasteiger partial charge in [-0.05, 0) is 40.2 Å². The molecule has 0 aliphatic heterocycles. The molecule has 0 atom stereocenters. The van der Waals surface area contributed by atoms with Crippen LogP contribution in [0.4, 0.5) is 0 Å². The quantitative estimate of drug-likeness (QED) is 0.100. The Labute approximate surface area is 235 Å². The summed E-state index contributed by atoms with van der Waals surface area (Å²) < 4.78 is 0. The van der Waals surface area contributed by atoms with Gasteiger partial charge in [0, 0.05) is 43.2 Å². The molecule has 1 radical (unpaired) electrons. The van der Waals surface area contributed by atoms with E-state index in [4.69, 9.17) is 0 Å². The van der Waals surface area contributed by atoms with Gasteiger partial charge in [0.1, 0.15) is 5.76 Å². The second kappa shape index (κ2) is 11.7. The van der Waals surface area contributed by atoms with E-state index in [1.807, 2.05) is 47.7 Å². The third-order valence-electron chi connectivity index (χ3n) is 6.10. The van der Waals surface area contributed by atoms with Crippen LogP contribution in [0.15, 0.2) is 66.6 Å². The zero-order valence-corrected chi connectivity index (χ0v) is 25.8. The van der Waals surface area contributed by atoms with Gasteiger partial charge in [-0.25, -0.2) is 0 Å². The van der Waals surface area contributed by atoms with Gasteiger partial charge in [-0.3, -0.25) is 4.79 Å². The predicted octanol–water partition coefficient (Wildman–Crippen LogP) is 8.87. The van der Waals surface area contributed by atoms with E-state index >= 15 is 0 Å². The summed E-state index contributed by atoms with van der Waals surface area (Å²) in [5.41, 5.74) is 4.99. The third kappa shape index (κ3) is 7.60. The molecule has 0 aliphatic rings. The molecule has 197 valence electrons. The number of aryl methyl sites for hydroxylation is 3. The first-order valence-electron chi connectivity index (χ1n) is 12.4. The maximum absolute atomic E-state index is 11.5. The minimum absolute atomic E-state index is 0. The third-order valence-corrected chi connectivity index (χ3v) is 6.10. The molecule has 0 saturated heterocycles. The molecule has 0 amide bonds. The van der Waals surface area contributed by atoms with Gasteiger partial charge in [0.15, 0.2) is 5.78 Å². The predicted molar refractivity (Wildman–Crippen MR) is 152 cm³/mol. The number of rotatable bonds is 2. The molecule has 4 rings (SSSR count). The number of pyridine rings is 1. The molecule has 3 nitrogen and oxygen atoms in total. The van der Waals surface area contributed by atoms with Crippen molar-refractivity contribution in [3.05, 3.63) is 89.3 Å². The molecule has 0 bridgehead atoms. The van der Waals surface area contributed by atoms with E-state index in [-0.39, 0.29) is 37.1 Å². The van der Waals surface area contributed by atoms with Crippen LogP contribution in [0, 0.1) is 37.7 Å². The minimum atomic E-state index is -0.417. The van der Waals surface area contributed by atoms with Crippen molar-refractivity contribution in [1.82, 2.24) is 4.98 Å². The van der Waals surface area contributed by atoms with Crippen molar-refractivity contribution in [2.24, 2.45) is 10.8 Å². The van der Waals surface area contributed by atoms with Gasteiger partial charge in [0.2, 0.25) is 0 Å². The molecule has 3 aromatic carbocycles. The molecule has 4 aromatic rings. The fourth-order valence-electron chi connectivity index (χ4n) is 3.91. The van der Waals surface area contributed by atoms with Crippen LogP contribution in [0.5, 0.6) is 0 Å². The van der Waals surface area contributed by atoms with Gasteiger partial charge in [0.25, 0.3) is 0 Å². The Morgan fingerprint density at radius 3 is 2.05 bits per heavy atom. The standard InChI is InChI=1S/C22H18N.C11H20O2.Ir/c1-14-4-6-19-17(11-14)5-7-21-20(19)8-9-23-22(21)18-12-15(2)10-16(3)13-18;1-10(2,3)8(12)7-9(13)11(4,5)6;/h4-12H,1-3H3;7,12H,1-6H3;/q-1;;/b;8-7-;. The number of ketones is 1. The van der Waals surface area contributed by atoms with Crippen LogP contribution < -0.4 is 0 Å². The Kier molecular flexibility index (Phi) is 9.63. The summed E-state index contributed by atoms with van der Waals surface area (Å²) in [5, 5.41) is 14.6. The first kappa shape index (κ1) is 30.4. The fourth-order valence-corrected chi connectivity index (χ4v) is 3.91. The van der Waals surface area contributed by atoms with Gasteiger partial charge < -0.3 is 10.1 Å². The second-order valence-electron chi connectivity index (χ2n) is 11.7. The summed E-state index contributed by atoms with van der Waals surface area (Å²) in [4.78, 5) is 16.1. The molecule has 1 aromatic heterocycles. The number of aliphatic hydroxyl groups is 1. The fraction of sp³-hybridized carbons (Fsp3) is 0.333. The number of hydrogen-bond donors (Lipinski definition) is 1. The number of aliphatic hydroxyl groups excluding tert-OH is 1. The molecule has 37 heavy (non-hydrogen) atoms. The number of carbonyl (C=O) groups excluding carboxylic acids is 1. The van der Waals surface area contributed by atoms with Crippen molar-refractivity contribution < 1.29 is 30.0 Å². The van der Waals surface area contributed by atoms with E-state index in [2.05, 4.69) is 80.4 Å². The van der Waals surface area contributed by atoms with Crippen LogP contribution in [0.1, 0.15) is 58.2 Å². The van der Waals surface area contributed by atoms with Crippen LogP contribution in [0.3, 0.4) is 0 Å². The molecular weight excluding hydrogens is 635 g/mol. The minimum Gasteiger partial charge on any atom is -0.512 e. The van der Waals surface area contributed by atoms with E-state index in [0.717, 1.165) is 16.8 Å². The van der Waals surface area contributed by atoms with Crippen LogP contribution in [0.25, 0.3) is 32.8 Å². The maximum Gasteiger partial charge on any atom is 0.164 e. The molecule has 1 heterocycles. The van der Waals surface area contributed by atoms with E-state index in [0.29, 0.717) is 0 Å². The van der Waals surface area contributed by atoms with Gasteiger partial charge in [0.05, 0.1) is 0 Å². The first-order valence-corrected chi connectivity index (χ1v) is 12.4. The number of nitrogens with zero attached hydrogens (tertiary/aromatic N) is 1. The van der Waals surface area contributed by atoms with Crippen LogP contribution in [0.2, 0.25) is 0 Å². The van der Waals surface area contributed by atoms with Gasteiger partial charge in [-0.2, -0.15) is 0 Å². The zero-order valence-electron chi connectivity index (χ0n) is 23.4. The van der Waals surface area contributed by atoms with Crippen LogP contribution >= 0.6 is 0 Å². The SMILES string of the molecule is CC(C)(C)C(=O)/C=C(\O)C(C)(C)C.Cc1[c-]c(-c2nccc3c2ccc2cc(C)ccc23)cc(C)c1.[Ir]. The Bertz CT molecular complexity index is 1430. The van der Waals surface area contributed by atoms with Gasteiger partial charge >= 0.3 is 0 Å². The molecular formula is C33H38IrNO2-. The number of fused-ring (bicyclic) bond motifs is 3. The first-order chi connectivity index (χ1) is 16.7.